The van der Waals surface area contributed by atoms with Gasteiger partial charge in [-0.2, -0.15) is 5.10 Å². The Kier molecular flexibility index (Phi) is 3.67. The highest BCUT2D eigenvalue weighted by atomic mass is 15.1. The maximum Gasteiger partial charge on any atom is 0.135 e. The Morgan fingerprint density at radius 3 is 2.53 bits per heavy atom. The van der Waals surface area contributed by atoms with Gasteiger partial charge in [0.1, 0.15) is 11.2 Å². The molecule has 0 aliphatic carbocycles. The summed E-state index contributed by atoms with van der Waals surface area (Å²) in [7, 11) is 0. The van der Waals surface area contributed by atoms with E-state index in [2.05, 4.69) is 49.4 Å². The molecule has 0 saturated heterocycles. The minimum Gasteiger partial charge on any atom is -0.353 e. The molecule has 142 valence electrons. The van der Waals surface area contributed by atoms with Crippen LogP contribution in [0, 0.1) is 0 Å². The van der Waals surface area contributed by atoms with Crippen molar-refractivity contribution in [3.8, 4) is 33.8 Å². The van der Waals surface area contributed by atoms with Gasteiger partial charge in [0.2, 0.25) is 0 Å². The van der Waals surface area contributed by atoms with Crippen molar-refractivity contribution in [1.82, 2.24) is 30.1 Å². The van der Waals surface area contributed by atoms with Crippen LogP contribution < -0.4 is 0 Å². The van der Waals surface area contributed by atoms with Crippen LogP contribution in [0.5, 0.6) is 0 Å². The molecule has 6 nitrogen and oxygen atoms in total. The topological polar surface area (TPSA) is 83.1 Å². The molecule has 6 rings (SSSR count). The molecule has 0 bridgehead atoms. The van der Waals surface area contributed by atoms with Gasteiger partial charge in [-0.15, -0.1) is 0 Å². The van der Waals surface area contributed by atoms with Gasteiger partial charge in [-0.1, -0.05) is 12.1 Å². The highest BCUT2D eigenvalue weighted by Crippen LogP contribution is 2.33. The van der Waals surface area contributed by atoms with Gasteiger partial charge in [0.05, 0.1) is 16.9 Å². The van der Waals surface area contributed by atoms with Crippen molar-refractivity contribution in [2.24, 2.45) is 0 Å². The third kappa shape index (κ3) is 2.66. The van der Waals surface area contributed by atoms with Crippen LogP contribution in [-0.4, -0.2) is 30.1 Å². The molecule has 0 unspecified atom stereocenters. The number of hydrogen-bond acceptors (Lipinski definition) is 4. The van der Waals surface area contributed by atoms with Gasteiger partial charge in [0, 0.05) is 41.3 Å². The fourth-order valence-corrected chi connectivity index (χ4v) is 3.83. The van der Waals surface area contributed by atoms with E-state index in [4.69, 9.17) is 4.98 Å². The molecule has 0 atom stereocenters. The van der Waals surface area contributed by atoms with Crippen LogP contribution in [-0.2, 0) is 0 Å². The summed E-state index contributed by atoms with van der Waals surface area (Å²) in [5.74, 6) is 0. The Morgan fingerprint density at radius 2 is 1.67 bits per heavy atom. The fraction of sp³-hybridized carbons (Fsp3) is 0. The van der Waals surface area contributed by atoms with Crippen molar-refractivity contribution in [1.29, 1.82) is 0 Å². The van der Waals surface area contributed by atoms with Gasteiger partial charge in [0.15, 0.2) is 0 Å². The molecule has 2 N–H and O–H groups in total. The summed E-state index contributed by atoms with van der Waals surface area (Å²) in [5, 5.41) is 8.79. The Hall–Kier alpha value is -4.32. The number of hydrogen-bond donors (Lipinski definition) is 2. The van der Waals surface area contributed by atoms with Crippen LogP contribution in [0.25, 0.3) is 55.7 Å². The molecular formula is C24H16N6. The summed E-state index contributed by atoms with van der Waals surface area (Å²) in [6, 6.07) is 20.3. The van der Waals surface area contributed by atoms with E-state index in [1.165, 1.54) is 0 Å². The Bertz CT molecular complexity index is 1480. The molecule has 0 radical (unpaired) electrons. The van der Waals surface area contributed by atoms with Gasteiger partial charge >= 0.3 is 0 Å². The van der Waals surface area contributed by atoms with Crippen molar-refractivity contribution in [2.45, 2.75) is 0 Å². The summed E-state index contributed by atoms with van der Waals surface area (Å²) < 4.78 is 0. The number of aromatic amines is 2. The number of H-pyrrole nitrogens is 2. The number of nitrogens with one attached hydrogen (secondary N) is 2. The number of fused-ring (bicyclic) bond motifs is 2. The molecule has 0 fully saturated rings. The van der Waals surface area contributed by atoms with Crippen molar-refractivity contribution in [3.05, 3.63) is 85.5 Å². The first-order valence-corrected chi connectivity index (χ1v) is 9.65. The van der Waals surface area contributed by atoms with E-state index in [1.54, 1.807) is 6.20 Å². The van der Waals surface area contributed by atoms with Crippen molar-refractivity contribution in [2.75, 3.05) is 0 Å². The maximum absolute atomic E-state index is 4.87. The zero-order chi connectivity index (χ0) is 19.9. The molecule has 30 heavy (non-hydrogen) atoms. The molecule has 0 aliphatic heterocycles. The minimum absolute atomic E-state index is 0.799. The predicted molar refractivity (Wildman–Crippen MR) is 118 cm³/mol. The first-order valence-electron chi connectivity index (χ1n) is 9.65. The standard InChI is InChI=1S/C24H16N6/c1-4-17(15-8-11-25-12-9-15)18-13-22(27-20(18)5-1)24-23-21(29-30-24)7-6-19(28-23)16-3-2-10-26-14-16/h1-14,27H,(H,29,30). The van der Waals surface area contributed by atoms with Crippen LogP contribution in [0.3, 0.4) is 0 Å². The molecule has 6 heteroatoms. The number of rotatable bonds is 3. The lowest BCUT2D eigenvalue weighted by Gasteiger charge is -2.02. The first-order chi connectivity index (χ1) is 14.9. The smallest absolute Gasteiger partial charge is 0.135 e. The second kappa shape index (κ2) is 6.63. The van der Waals surface area contributed by atoms with Crippen molar-refractivity contribution in [3.63, 3.8) is 0 Å². The lowest BCUT2D eigenvalue weighted by molar-refractivity contribution is 1.12. The molecular weight excluding hydrogens is 372 g/mol. The molecule has 6 aromatic rings. The quantitative estimate of drug-likeness (QED) is 0.435. The van der Waals surface area contributed by atoms with Gasteiger partial charge < -0.3 is 4.98 Å². The van der Waals surface area contributed by atoms with Crippen LogP contribution in [0.1, 0.15) is 0 Å². The molecule has 5 heterocycles. The Morgan fingerprint density at radius 1 is 0.733 bits per heavy atom. The van der Waals surface area contributed by atoms with Crippen LogP contribution >= 0.6 is 0 Å². The van der Waals surface area contributed by atoms with E-state index in [0.717, 1.165) is 55.7 Å². The Balaban J connectivity index is 1.52. The van der Waals surface area contributed by atoms with E-state index < -0.39 is 0 Å². The van der Waals surface area contributed by atoms with Gasteiger partial charge in [-0.25, -0.2) is 4.98 Å². The fourth-order valence-electron chi connectivity index (χ4n) is 3.83. The van der Waals surface area contributed by atoms with Gasteiger partial charge in [-0.05, 0) is 59.7 Å². The van der Waals surface area contributed by atoms with Crippen molar-refractivity contribution < 1.29 is 0 Å². The molecule has 0 spiro atoms. The number of benzene rings is 1. The first kappa shape index (κ1) is 16.6. The second-order valence-electron chi connectivity index (χ2n) is 7.09. The summed E-state index contributed by atoms with van der Waals surface area (Å²) >= 11 is 0. The highest BCUT2D eigenvalue weighted by Gasteiger charge is 2.15. The average molecular weight is 388 g/mol. The molecule has 0 aliphatic rings. The normalized spacial score (nSPS) is 11.3. The number of pyridine rings is 3. The predicted octanol–water partition coefficient (Wildman–Crippen LogP) is 5.23. The third-order valence-corrected chi connectivity index (χ3v) is 5.28. The summed E-state index contributed by atoms with van der Waals surface area (Å²) in [4.78, 5) is 16.7. The average Bonchev–Trinajstić information content (AvgIpc) is 3.43. The summed E-state index contributed by atoms with van der Waals surface area (Å²) in [6.07, 6.45) is 7.20. The summed E-state index contributed by atoms with van der Waals surface area (Å²) in [6.45, 7) is 0. The number of aromatic nitrogens is 6. The van der Waals surface area contributed by atoms with E-state index in [0.29, 0.717) is 0 Å². The van der Waals surface area contributed by atoms with Crippen LogP contribution in [0.2, 0.25) is 0 Å². The third-order valence-electron chi connectivity index (χ3n) is 5.28. The minimum atomic E-state index is 0.799. The Labute approximate surface area is 171 Å². The number of nitrogens with zero attached hydrogens (tertiary/aromatic N) is 4. The monoisotopic (exact) mass is 388 g/mol. The molecule has 0 saturated carbocycles. The van der Waals surface area contributed by atoms with Gasteiger partial charge in [-0.3, -0.25) is 15.1 Å². The lowest BCUT2D eigenvalue weighted by atomic mass is 10.0. The maximum atomic E-state index is 4.87. The van der Waals surface area contributed by atoms with E-state index in [-0.39, 0.29) is 0 Å². The van der Waals surface area contributed by atoms with E-state index in [9.17, 15) is 0 Å². The SMILES string of the molecule is c1cncc(-c2ccc3[nH]nc(-c4cc5c(-c6ccncc6)cccc5[nH]4)c3n2)c1. The molecule has 5 aromatic heterocycles. The largest absolute Gasteiger partial charge is 0.353 e. The summed E-state index contributed by atoms with van der Waals surface area (Å²) in [5.41, 5.74) is 8.63. The lowest BCUT2D eigenvalue weighted by Crippen LogP contribution is -1.86. The van der Waals surface area contributed by atoms with Gasteiger partial charge in [0.25, 0.3) is 0 Å². The van der Waals surface area contributed by atoms with Crippen LogP contribution in [0.4, 0.5) is 0 Å². The second-order valence-corrected chi connectivity index (χ2v) is 7.09. The van der Waals surface area contributed by atoms with E-state index >= 15 is 0 Å². The van der Waals surface area contributed by atoms with Crippen LogP contribution in [0.15, 0.2) is 85.5 Å². The zero-order valence-corrected chi connectivity index (χ0v) is 15.9. The van der Waals surface area contributed by atoms with Crippen molar-refractivity contribution >= 4 is 21.9 Å². The molecule has 0 amide bonds. The molecule has 1 aromatic carbocycles. The zero-order valence-electron chi connectivity index (χ0n) is 15.9. The highest BCUT2D eigenvalue weighted by molar-refractivity contribution is 6.00. The van der Waals surface area contributed by atoms with E-state index in [1.807, 2.05) is 55.0 Å².